The van der Waals surface area contributed by atoms with Crippen molar-refractivity contribution in [2.75, 3.05) is 14.2 Å². The van der Waals surface area contributed by atoms with E-state index >= 15 is 0 Å². The molecule has 0 bridgehead atoms. The molecule has 0 aliphatic rings. The fraction of sp³-hybridized carbons (Fsp3) is 0.130. The van der Waals surface area contributed by atoms with E-state index in [2.05, 4.69) is 33.1 Å². The number of halogens is 2. The number of nitrogens with one attached hydrogen (secondary N) is 1. The second-order valence-electron chi connectivity index (χ2n) is 6.80. The van der Waals surface area contributed by atoms with E-state index in [1.807, 2.05) is 0 Å². The van der Waals surface area contributed by atoms with Gasteiger partial charge >= 0.3 is 0 Å². The maximum absolute atomic E-state index is 12.3. The summed E-state index contributed by atoms with van der Waals surface area (Å²) in [5, 5.41) is 15.2. The van der Waals surface area contributed by atoms with Crippen LogP contribution in [0.4, 0.5) is 5.69 Å². The molecule has 1 amide bonds. The molecule has 0 saturated carbocycles. The number of hydrazone groups is 1. The van der Waals surface area contributed by atoms with Gasteiger partial charge in [0, 0.05) is 17.7 Å². The molecule has 9 nitrogen and oxygen atoms in total. The molecule has 0 radical (unpaired) electrons. The first-order valence-corrected chi connectivity index (χ1v) is 11.2. The highest BCUT2D eigenvalue weighted by Gasteiger charge is 2.14. The van der Waals surface area contributed by atoms with Gasteiger partial charge in [-0.05, 0) is 64.0 Å². The molecule has 0 saturated heterocycles. The molecule has 0 aromatic heterocycles. The van der Waals surface area contributed by atoms with E-state index in [9.17, 15) is 14.9 Å². The molecular formula is C23H19ClIN3O6. The molecule has 1 N–H and O–H groups in total. The van der Waals surface area contributed by atoms with Crippen LogP contribution in [0.2, 0.25) is 5.02 Å². The minimum Gasteiger partial charge on any atom is -0.496 e. The first-order chi connectivity index (χ1) is 16.3. The third-order valence-electron chi connectivity index (χ3n) is 4.55. The van der Waals surface area contributed by atoms with Crippen molar-refractivity contribution in [2.24, 2.45) is 5.10 Å². The van der Waals surface area contributed by atoms with Crippen LogP contribution in [0, 0.1) is 13.7 Å². The summed E-state index contributed by atoms with van der Waals surface area (Å²) >= 11 is 8.48. The van der Waals surface area contributed by atoms with Crippen molar-refractivity contribution >= 4 is 52.0 Å². The van der Waals surface area contributed by atoms with Gasteiger partial charge < -0.3 is 14.2 Å². The molecule has 0 atom stereocenters. The molecule has 0 heterocycles. The lowest BCUT2D eigenvalue weighted by Gasteiger charge is -2.13. The van der Waals surface area contributed by atoms with E-state index in [-0.39, 0.29) is 23.1 Å². The van der Waals surface area contributed by atoms with E-state index in [0.717, 1.165) is 3.57 Å². The van der Waals surface area contributed by atoms with E-state index in [1.165, 1.54) is 32.6 Å². The standard InChI is InChI=1S/C23H19ClIN3O6/c1-32-20-11-16(6-7-19(20)25)23(29)27-26-12-15-9-18(24)22(21(10-15)33-2)34-13-14-4-3-5-17(8-14)28(30)31/h3-12H,13H2,1-2H3,(H,27,29)/b26-12-. The first-order valence-electron chi connectivity index (χ1n) is 9.73. The number of nitrogens with zero attached hydrogens (tertiary/aromatic N) is 2. The summed E-state index contributed by atoms with van der Waals surface area (Å²) in [6.45, 7) is 0.0563. The Labute approximate surface area is 214 Å². The van der Waals surface area contributed by atoms with Crippen molar-refractivity contribution in [3.63, 3.8) is 0 Å². The summed E-state index contributed by atoms with van der Waals surface area (Å²) in [5.74, 6) is 0.811. The number of non-ortho nitro benzene ring substituents is 1. The van der Waals surface area contributed by atoms with Crippen LogP contribution in [-0.4, -0.2) is 31.3 Å². The summed E-state index contributed by atoms with van der Waals surface area (Å²) in [6.07, 6.45) is 1.42. The fourth-order valence-electron chi connectivity index (χ4n) is 2.90. The van der Waals surface area contributed by atoms with Crippen molar-refractivity contribution < 1.29 is 23.9 Å². The SMILES string of the molecule is COc1cc(C(=O)N/N=C\c2cc(Cl)c(OCc3cccc([N+](=O)[O-])c3)c(OC)c2)ccc1I. The fourth-order valence-corrected chi connectivity index (χ4v) is 3.73. The Morgan fingerprint density at radius 1 is 1.15 bits per heavy atom. The van der Waals surface area contributed by atoms with Gasteiger partial charge in [-0.2, -0.15) is 5.10 Å². The maximum Gasteiger partial charge on any atom is 0.271 e. The molecule has 0 fully saturated rings. The molecule has 3 aromatic rings. The molecule has 0 spiro atoms. The average Bonchev–Trinajstić information content (AvgIpc) is 2.83. The highest BCUT2D eigenvalue weighted by atomic mass is 127. The Bertz CT molecular complexity index is 1250. The number of hydrogen-bond acceptors (Lipinski definition) is 7. The summed E-state index contributed by atoms with van der Waals surface area (Å²) in [5.41, 5.74) is 3.98. The van der Waals surface area contributed by atoms with Gasteiger partial charge in [0.2, 0.25) is 0 Å². The van der Waals surface area contributed by atoms with Gasteiger partial charge in [0.15, 0.2) is 11.5 Å². The monoisotopic (exact) mass is 595 g/mol. The first kappa shape index (κ1) is 25.2. The molecule has 11 heteroatoms. The van der Waals surface area contributed by atoms with E-state index in [1.54, 1.807) is 42.5 Å². The van der Waals surface area contributed by atoms with Gasteiger partial charge in [-0.25, -0.2) is 5.43 Å². The Balaban J connectivity index is 1.70. The van der Waals surface area contributed by atoms with Crippen molar-refractivity contribution in [1.29, 1.82) is 0 Å². The zero-order valence-corrected chi connectivity index (χ0v) is 21.0. The van der Waals surface area contributed by atoms with Crippen LogP contribution >= 0.6 is 34.2 Å². The summed E-state index contributed by atoms with van der Waals surface area (Å²) in [6, 6.07) is 14.4. The number of carbonyl (C=O) groups is 1. The number of amides is 1. The lowest BCUT2D eigenvalue weighted by atomic mass is 10.2. The van der Waals surface area contributed by atoms with Crippen LogP contribution in [0.3, 0.4) is 0 Å². The summed E-state index contributed by atoms with van der Waals surface area (Å²) < 4.78 is 17.2. The molecule has 34 heavy (non-hydrogen) atoms. The highest BCUT2D eigenvalue weighted by Crippen LogP contribution is 2.36. The number of rotatable bonds is 9. The third kappa shape index (κ3) is 6.35. The lowest BCUT2D eigenvalue weighted by molar-refractivity contribution is -0.384. The molecule has 3 rings (SSSR count). The molecule has 0 aliphatic heterocycles. The van der Waals surface area contributed by atoms with Crippen LogP contribution in [0.15, 0.2) is 59.7 Å². The van der Waals surface area contributed by atoms with Gasteiger partial charge in [-0.15, -0.1) is 0 Å². The summed E-state index contributed by atoms with van der Waals surface area (Å²) in [4.78, 5) is 22.8. The van der Waals surface area contributed by atoms with Gasteiger partial charge in [0.25, 0.3) is 11.6 Å². The van der Waals surface area contributed by atoms with Crippen LogP contribution in [0.5, 0.6) is 17.2 Å². The second-order valence-corrected chi connectivity index (χ2v) is 8.37. The smallest absolute Gasteiger partial charge is 0.271 e. The Hall–Kier alpha value is -3.38. The van der Waals surface area contributed by atoms with Gasteiger partial charge in [0.05, 0.1) is 34.0 Å². The lowest BCUT2D eigenvalue weighted by Crippen LogP contribution is -2.17. The van der Waals surface area contributed by atoms with Gasteiger partial charge in [-0.3, -0.25) is 14.9 Å². The van der Waals surface area contributed by atoms with Crippen LogP contribution < -0.4 is 19.6 Å². The van der Waals surface area contributed by atoms with E-state index in [4.69, 9.17) is 25.8 Å². The molecule has 3 aromatic carbocycles. The van der Waals surface area contributed by atoms with Crippen molar-refractivity contribution in [3.8, 4) is 17.2 Å². The number of hydrogen-bond donors (Lipinski definition) is 1. The molecule has 176 valence electrons. The number of nitro benzene ring substituents is 1. The minimum absolute atomic E-state index is 0.0311. The Kier molecular flexibility index (Phi) is 8.66. The van der Waals surface area contributed by atoms with Gasteiger partial charge in [-0.1, -0.05) is 23.7 Å². The minimum atomic E-state index is -0.473. The maximum atomic E-state index is 12.3. The van der Waals surface area contributed by atoms with Crippen molar-refractivity contribution in [2.45, 2.75) is 6.61 Å². The van der Waals surface area contributed by atoms with Crippen LogP contribution in [0.25, 0.3) is 0 Å². The predicted octanol–water partition coefficient (Wildman–Crippen LogP) is 5.21. The Morgan fingerprint density at radius 2 is 1.91 bits per heavy atom. The molecule has 0 unspecified atom stereocenters. The van der Waals surface area contributed by atoms with Crippen LogP contribution in [0.1, 0.15) is 21.5 Å². The van der Waals surface area contributed by atoms with E-state index in [0.29, 0.717) is 28.2 Å². The number of carbonyl (C=O) groups excluding carboxylic acids is 1. The largest absolute Gasteiger partial charge is 0.496 e. The Morgan fingerprint density at radius 3 is 2.62 bits per heavy atom. The van der Waals surface area contributed by atoms with Crippen molar-refractivity contribution in [3.05, 3.63) is 90.0 Å². The third-order valence-corrected chi connectivity index (χ3v) is 5.72. The normalized spacial score (nSPS) is 10.7. The zero-order chi connectivity index (χ0) is 24.7. The molecule has 0 aliphatic carbocycles. The van der Waals surface area contributed by atoms with Gasteiger partial charge in [0.1, 0.15) is 12.4 Å². The second kappa shape index (κ2) is 11.7. The zero-order valence-electron chi connectivity index (χ0n) is 18.1. The average molecular weight is 596 g/mol. The number of nitro groups is 1. The number of methoxy groups -OCH3 is 2. The predicted molar refractivity (Wildman–Crippen MR) is 136 cm³/mol. The van der Waals surface area contributed by atoms with E-state index < -0.39 is 10.8 Å². The van der Waals surface area contributed by atoms with Crippen LogP contribution in [-0.2, 0) is 6.61 Å². The quantitative estimate of drug-likeness (QED) is 0.157. The van der Waals surface area contributed by atoms with Crippen molar-refractivity contribution in [1.82, 2.24) is 5.43 Å². The highest BCUT2D eigenvalue weighted by molar-refractivity contribution is 14.1. The topological polar surface area (TPSA) is 112 Å². The number of benzene rings is 3. The molecular weight excluding hydrogens is 577 g/mol. The number of ether oxygens (including phenoxy) is 3. The summed E-state index contributed by atoms with van der Waals surface area (Å²) in [7, 11) is 2.99.